The van der Waals surface area contributed by atoms with E-state index in [1.165, 1.54) is 0 Å². The van der Waals surface area contributed by atoms with E-state index < -0.39 is 0 Å². The first-order chi connectivity index (χ1) is 7.81. The number of amides is 1. The van der Waals surface area contributed by atoms with Gasteiger partial charge in [0.25, 0.3) is 0 Å². The fraction of sp³-hybridized carbons (Fsp3) is 0.636. The molecule has 0 aliphatic carbocycles. The Morgan fingerprint density at radius 3 is 3.25 bits per heavy atom. The van der Waals surface area contributed by atoms with Crippen molar-refractivity contribution in [3.05, 3.63) is 11.8 Å². The van der Waals surface area contributed by atoms with Crippen LogP contribution in [0.3, 0.4) is 0 Å². The van der Waals surface area contributed by atoms with Crippen molar-refractivity contribution in [3.63, 3.8) is 0 Å². The zero-order valence-corrected chi connectivity index (χ0v) is 9.55. The number of rotatable bonds is 3. The van der Waals surface area contributed by atoms with E-state index in [1.54, 1.807) is 6.20 Å². The number of hydrogen-bond donors (Lipinski definition) is 3. The zero-order chi connectivity index (χ0) is 11.4. The van der Waals surface area contributed by atoms with E-state index in [-0.39, 0.29) is 11.8 Å². The lowest BCUT2D eigenvalue weighted by Crippen LogP contribution is -2.37. The molecule has 2 heterocycles. The largest absolute Gasteiger partial charge is 0.316 e. The van der Waals surface area contributed by atoms with Crippen molar-refractivity contribution in [1.29, 1.82) is 0 Å². The van der Waals surface area contributed by atoms with Crippen LogP contribution in [-0.4, -0.2) is 29.2 Å². The fourth-order valence-electron chi connectivity index (χ4n) is 1.99. The second-order valence-electron chi connectivity index (χ2n) is 4.16. The molecule has 1 aliphatic heterocycles. The lowest BCUT2D eigenvalue weighted by Gasteiger charge is -2.21. The maximum atomic E-state index is 11.9. The highest BCUT2D eigenvalue weighted by molar-refractivity contribution is 5.92. The quantitative estimate of drug-likeness (QED) is 0.712. The number of piperidine rings is 1. The van der Waals surface area contributed by atoms with Crippen LogP contribution in [0.5, 0.6) is 0 Å². The SMILES string of the molecule is CCc1cn[nH]c1NC(=O)[C@H]1CCCNC1. The number of hydrogen-bond acceptors (Lipinski definition) is 3. The highest BCUT2D eigenvalue weighted by atomic mass is 16.2. The van der Waals surface area contributed by atoms with Crippen LogP contribution in [0.15, 0.2) is 6.20 Å². The first kappa shape index (κ1) is 11.1. The summed E-state index contributed by atoms with van der Waals surface area (Å²) >= 11 is 0. The summed E-state index contributed by atoms with van der Waals surface area (Å²) in [6.45, 7) is 3.85. The second kappa shape index (κ2) is 5.12. The molecule has 3 N–H and O–H groups in total. The van der Waals surface area contributed by atoms with Gasteiger partial charge in [0.2, 0.25) is 5.91 Å². The number of H-pyrrole nitrogens is 1. The van der Waals surface area contributed by atoms with Crippen LogP contribution in [0.4, 0.5) is 5.82 Å². The third kappa shape index (κ3) is 2.41. The van der Waals surface area contributed by atoms with E-state index >= 15 is 0 Å². The summed E-state index contributed by atoms with van der Waals surface area (Å²) < 4.78 is 0. The topological polar surface area (TPSA) is 69.8 Å². The number of carbonyl (C=O) groups is 1. The van der Waals surface area contributed by atoms with Crippen molar-refractivity contribution in [1.82, 2.24) is 15.5 Å². The van der Waals surface area contributed by atoms with Gasteiger partial charge in [0.05, 0.1) is 12.1 Å². The fourth-order valence-corrected chi connectivity index (χ4v) is 1.99. The van der Waals surface area contributed by atoms with Crippen LogP contribution in [-0.2, 0) is 11.2 Å². The van der Waals surface area contributed by atoms with Crippen LogP contribution in [0.2, 0.25) is 0 Å². The maximum absolute atomic E-state index is 11.9. The molecule has 1 amide bonds. The number of aromatic nitrogens is 2. The summed E-state index contributed by atoms with van der Waals surface area (Å²) in [6.07, 6.45) is 4.67. The highest BCUT2D eigenvalue weighted by Crippen LogP contribution is 2.15. The molecule has 1 saturated heterocycles. The molecule has 0 radical (unpaired) electrons. The third-order valence-electron chi connectivity index (χ3n) is 3.01. The smallest absolute Gasteiger partial charge is 0.229 e. The van der Waals surface area contributed by atoms with Crippen molar-refractivity contribution >= 4 is 11.7 Å². The first-order valence-corrected chi connectivity index (χ1v) is 5.85. The van der Waals surface area contributed by atoms with Gasteiger partial charge in [-0.05, 0) is 25.8 Å². The Morgan fingerprint density at radius 2 is 2.56 bits per heavy atom. The molecule has 0 bridgehead atoms. The van der Waals surface area contributed by atoms with Gasteiger partial charge in [-0.2, -0.15) is 5.10 Å². The molecule has 88 valence electrons. The average Bonchev–Trinajstić information content (AvgIpc) is 2.77. The van der Waals surface area contributed by atoms with E-state index in [0.717, 1.165) is 43.7 Å². The van der Waals surface area contributed by atoms with Gasteiger partial charge >= 0.3 is 0 Å². The van der Waals surface area contributed by atoms with E-state index in [4.69, 9.17) is 0 Å². The van der Waals surface area contributed by atoms with Crippen LogP contribution >= 0.6 is 0 Å². The zero-order valence-electron chi connectivity index (χ0n) is 9.55. The maximum Gasteiger partial charge on any atom is 0.229 e. The molecular weight excluding hydrogens is 204 g/mol. The molecule has 16 heavy (non-hydrogen) atoms. The van der Waals surface area contributed by atoms with Gasteiger partial charge in [-0.15, -0.1) is 0 Å². The summed E-state index contributed by atoms with van der Waals surface area (Å²) in [5, 5.41) is 12.9. The van der Waals surface area contributed by atoms with Crippen LogP contribution < -0.4 is 10.6 Å². The predicted molar refractivity (Wildman–Crippen MR) is 62.2 cm³/mol. The summed E-state index contributed by atoms with van der Waals surface area (Å²) in [6, 6.07) is 0. The Balaban J connectivity index is 1.95. The van der Waals surface area contributed by atoms with Crippen molar-refractivity contribution < 1.29 is 4.79 Å². The van der Waals surface area contributed by atoms with Crippen molar-refractivity contribution in [2.45, 2.75) is 26.2 Å². The molecule has 0 saturated carbocycles. The van der Waals surface area contributed by atoms with Crippen molar-refractivity contribution in [3.8, 4) is 0 Å². The monoisotopic (exact) mass is 222 g/mol. The lowest BCUT2D eigenvalue weighted by atomic mass is 9.99. The summed E-state index contributed by atoms with van der Waals surface area (Å²) in [4.78, 5) is 11.9. The molecule has 1 fully saturated rings. The van der Waals surface area contributed by atoms with Crippen LogP contribution in [0.25, 0.3) is 0 Å². The molecule has 1 atom stereocenters. The van der Waals surface area contributed by atoms with Crippen molar-refractivity contribution in [2.75, 3.05) is 18.4 Å². The van der Waals surface area contributed by atoms with Gasteiger partial charge in [0, 0.05) is 12.1 Å². The van der Waals surface area contributed by atoms with Crippen molar-refractivity contribution in [2.24, 2.45) is 5.92 Å². The molecule has 0 aromatic carbocycles. The van der Waals surface area contributed by atoms with Gasteiger partial charge in [0.1, 0.15) is 5.82 Å². The van der Waals surface area contributed by atoms with Crippen LogP contribution in [0.1, 0.15) is 25.3 Å². The van der Waals surface area contributed by atoms with E-state index in [2.05, 4.69) is 20.8 Å². The lowest BCUT2D eigenvalue weighted by molar-refractivity contribution is -0.120. The molecule has 2 rings (SSSR count). The number of anilines is 1. The minimum Gasteiger partial charge on any atom is -0.316 e. The predicted octanol–water partition coefficient (Wildman–Crippen LogP) is 0.910. The molecular formula is C11H18N4O. The molecule has 1 aromatic rings. The Bertz CT molecular complexity index is 355. The summed E-state index contributed by atoms with van der Waals surface area (Å²) in [7, 11) is 0. The Labute approximate surface area is 95.0 Å². The Morgan fingerprint density at radius 1 is 1.69 bits per heavy atom. The van der Waals surface area contributed by atoms with Gasteiger partial charge in [0.15, 0.2) is 0 Å². The van der Waals surface area contributed by atoms with E-state index in [0.29, 0.717) is 0 Å². The molecule has 1 aromatic heterocycles. The van der Waals surface area contributed by atoms with E-state index in [1.807, 2.05) is 6.92 Å². The molecule has 0 spiro atoms. The molecule has 1 aliphatic rings. The Hall–Kier alpha value is -1.36. The minimum absolute atomic E-state index is 0.0850. The van der Waals surface area contributed by atoms with Gasteiger partial charge in [-0.3, -0.25) is 9.89 Å². The summed E-state index contributed by atoms with van der Waals surface area (Å²) in [5.41, 5.74) is 1.05. The second-order valence-corrected chi connectivity index (χ2v) is 4.16. The number of nitrogens with one attached hydrogen (secondary N) is 3. The minimum atomic E-state index is 0.0850. The number of nitrogens with zero attached hydrogens (tertiary/aromatic N) is 1. The molecule has 0 unspecified atom stereocenters. The van der Waals surface area contributed by atoms with E-state index in [9.17, 15) is 4.79 Å². The van der Waals surface area contributed by atoms with Crippen LogP contribution in [0, 0.1) is 5.92 Å². The third-order valence-corrected chi connectivity index (χ3v) is 3.01. The number of carbonyl (C=O) groups excluding carboxylic acids is 1. The number of aryl methyl sites for hydroxylation is 1. The number of aromatic amines is 1. The van der Waals surface area contributed by atoms with Gasteiger partial charge in [-0.1, -0.05) is 6.92 Å². The molecule has 5 heteroatoms. The first-order valence-electron chi connectivity index (χ1n) is 5.85. The van der Waals surface area contributed by atoms with Gasteiger partial charge < -0.3 is 10.6 Å². The average molecular weight is 222 g/mol. The standard InChI is InChI=1S/C11H18N4O/c1-2-8-7-13-15-10(8)14-11(16)9-4-3-5-12-6-9/h7,9,12H,2-6H2,1H3,(H2,13,14,15,16)/t9-/m0/s1. The normalized spacial score (nSPS) is 20.7. The summed E-state index contributed by atoms with van der Waals surface area (Å²) in [5.74, 6) is 0.922. The highest BCUT2D eigenvalue weighted by Gasteiger charge is 2.21. The molecule has 5 nitrogen and oxygen atoms in total. The Kier molecular flexibility index (Phi) is 3.56. The van der Waals surface area contributed by atoms with Gasteiger partial charge in [-0.25, -0.2) is 0 Å².